The maximum atomic E-state index is 12.9. The Morgan fingerprint density at radius 2 is 1.94 bits per heavy atom. The molecule has 2 amide bonds. The number of carbonyl (C=O) groups excluding carboxylic acids is 2. The molecule has 2 aliphatic heterocycles. The molecule has 8 heteroatoms. The highest BCUT2D eigenvalue weighted by atomic mass is 16.5. The van der Waals surface area contributed by atoms with E-state index in [1.165, 1.54) is 33.0 Å². The van der Waals surface area contributed by atoms with Crippen LogP contribution in [0.5, 0.6) is 5.75 Å². The van der Waals surface area contributed by atoms with Crippen molar-refractivity contribution in [3.8, 4) is 5.75 Å². The van der Waals surface area contributed by atoms with Crippen molar-refractivity contribution in [1.29, 1.82) is 0 Å². The van der Waals surface area contributed by atoms with Crippen molar-refractivity contribution in [1.82, 2.24) is 9.80 Å². The molecule has 0 spiro atoms. The largest absolute Gasteiger partial charge is 0.491 e. The van der Waals surface area contributed by atoms with E-state index in [9.17, 15) is 9.59 Å². The quantitative estimate of drug-likeness (QED) is 0.511. The molecule has 0 radical (unpaired) electrons. The number of carbonyl (C=O) groups is 2. The number of hydrogen-bond donors (Lipinski definition) is 1. The normalized spacial score (nSPS) is 16.0. The Labute approximate surface area is 194 Å². The van der Waals surface area contributed by atoms with Gasteiger partial charge in [0.25, 0.3) is 0 Å². The minimum absolute atomic E-state index is 0.249. The summed E-state index contributed by atoms with van der Waals surface area (Å²) in [5.41, 5.74) is 2.93. The van der Waals surface area contributed by atoms with Crippen LogP contribution in [0.1, 0.15) is 34.3 Å². The number of likely N-dealkylation sites (tertiary alicyclic amines) is 1. The molecule has 0 unspecified atom stereocenters. The number of ether oxygens (including phenoxy) is 3. The molecule has 176 valence electrons. The summed E-state index contributed by atoms with van der Waals surface area (Å²) in [5, 5.41) is 2.87. The van der Waals surface area contributed by atoms with Crippen molar-refractivity contribution in [3.05, 3.63) is 59.2 Å². The number of rotatable bonds is 7. The average Bonchev–Trinajstić information content (AvgIpc) is 3.26. The number of hydrogen-bond acceptors (Lipinski definition) is 6. The Hall–Kier alpha value is -3.10. The van der Waals surface area contributed by atoms with E-state index in [1.807, 2.05) is 12.1 Å². The molecule has 0 atom stereocenters. The van der Waals surface area contributed by atoms with E-state index in [1.54, 1.807) is 29.2 Å². The van der Waals surface area contributed by atoms with Crippen LogP contribution in [0.3, 0.4) is 0 Å². The van der Waals surface area contributed by atoms with Gasteiger partial charge in [-0.1, -0.05) is 12.1 Å². The molecule has 1 N–H and O–H groups in total. The molecule has 0 bridgehead atoms. The molecule has 2 aliphatic rings. The Bertz CT molecular complexity index is 974. The molecule has 1 saturated heterocycles. The Morgan fingerprint density at radius 1 is 1.09 bits per heavy atom. The fourth-order valence-electron chi connectivity index (χ4n) is 4.14. The predicted octanol–water partition coefficient (Wildman–Crippen LogP) is 3.51. The maximum absolute atomic E-state index is 12.9. The lowest BCUT2D eigenvalue weighted by Gasteiger charge is -2.21. The Balaban J connectivity index is 1.35. The summed E-state index contributed by atoms with van der Waals surface area (Å²) in [4.78, 5) is 28.8. The summed E-state index contributed by atoms with van der Waals surface area (Å²) in [6, 6.07) is 12.5. The smallest absolute Gasteiger partial charge is 0.337 e. The lowest BCUT2D eigenvalue weighted by Crippen LogP contribution is -2.36. The first-order valence-corrected chi connectivity index (χ1v) is 11.4. The number of methoxy groups -OCH3 is 1. The molecule has 2 aromatic carbocycles. The maximum Gasteiger partial charge on any atom is 0.337 e. The molecule has 8 nitrogen and oxygen atoms in total. The summed E-state index contributed by atoms with van der Waals surface area (Å²) >= 11 is 0. The van der Waals surface area contributed by atoms with Gasteiger partial charge in [-0.2, -0.15) is 0 Å². The van der Waals surface area contributed by atoms with E-state index in [0.717, 1.165) is 23.4 Å². The third kappa shape index (κ3) is 6.24. The number of fused-ring (bicyclic) bond motifs is 1. The number of esters is 1. The van der Waals surface area contributed by atoms with E-state index in [0.29, 0.717) is 44.2 Å². The van der Waals surface area contributed by atoms with Crippen LogP contribution >= 0.6 is 0 Å². The third-order valence-corrected chi connectivity index (χ3v) is 5.95. The molecular weight excluding hydrogens is 422 g/mol. The van der Waals surface area contributed by atoms with Crippen molar-refractivity contribution in [3.63, 3.8) is 0 Å². The van der Waals surface area contributed by atoms with Crippen LogP contribution in [-0.2, 0) is 22.6 Å². The first-order chi connectivity index (χ1) is 16.1. The van der Waals surface area contributed by atoms with Crippen LogP contribution in [0.25, 0.3) is 0 Å². The summed E-state index contributed by atoms with van der Waals surface area (Å²) < 4.78 is 16.5. The van der Waals surface area contributed by atoms with Crippen LogP contribution in [0.15, 0.2) is 42.5 Å². The van der Waals surface area contributed by atoms with Crippen LogP contribution in [0.2, 0.25) is 0 Å². The summed E-state index contributed by atoms with van der Waals surface area (Å²) in [6.07, 6.45) is 2.57. The van der Waals surface area contributed by atoms with Crippen LogP contribution in [-0.4, -0.2) is 68.3 Å². The number of nitrogens with zero attached hydrogens (tertiary/aromatic N) is 2. The average molecular weight is 454 g/mol. The van der Waals surface area contributed by atoms with Gasteiger partial charge in [-0.3, -0.25) is 0 Å². The zero-order chi connectivity index (χ0) is 23.0. The first kappa shape index (κ1) is 23.1. The topological polar surface area (TPSA) is 80.3 Å². The lowest BCUT2D eigenvalue weighted by molar-refractivity contribution is 0.0600. The summed E-state index contributed by atoms with van der Waals surface area (Å²) in [7, 11) is 1.33. The molecular formula is C25H31N3O5. The zero-order valence-electron chi connectivity index (χ0n) is 19.0. The van der Waals surface area contributed by atoms with E-state index in [2.05, 4.69) is 16.3 Å². The fraction of sp³-hybridized carbons (Fsp3) is 0.440. The standard InChI is InChI=1S/C25H31N3O5/c1-31-24(29)20-5-4-6-22(16-20)26-25(30)28-12-14-33-23-8-7-19(15-21(23)17-28)18-32-13-11-27-9-2-3-10-27/h4-8,15-16H,2-3,9-14,17-18H2,1H3,(H,26,30). The number of amides is 2. The highest BCUT2D eigenvalue weighted by Gasteiger charge is 2.21. The van der Waals surface area contributed by atoms with Crippen LogP contribution in [0.4, 0.5) is 10.5 Å². The third-order valence-electron chi connectivity index (χ3n) is 5.95. The summed E-state index contributed by atoms with van der Waals surface area (Å²) in [6.45, 7) is 5.86. The zero-order valence-corrected chi connectivity index (χ0v) is 19.0. The van der Waals surface area contributed by atoms with E-state index in [4.69, 9.17) is 14.2 Å². The van der Waals surface area contributed by atoms with Crippen molar-refractivity contribution < 1.29 is 23.8 Å². The molecule has 2 aromatic rings. The minimum atomic E-state index is -0.446. The molecule has 0 aromatic heterocycles. The van der Waals surface area contributed by atoms with Gasteiger partial charge in [0.2, 0.25) is 0 Å². The SMILES string of the molecule is COC(=O)c1cccc(NC(=O)N2CCOc3ccc(COCCN4CCCC4)cc3C2)c1. The van der Waals surface area contributed by atoms with Gasteiger partial charge in [-0.05, 0) is 61.8 Å². The van der Waals surface area contributed by atoms with Gasteiger partial charge < -0.3 is 29.3 Å². The van der Waals surface area contributed by atoms with E-state index >= 15 is 0 Å². The van der Waals surface area contributed by atoms with Gasteiger partial charge in [-0.25, -0.2) is 9.59 Å². The lowest BCUT2D eigenvalue weighted by atomic mass is 10.1. The second-order valence-electron chi connectivity index (χ2n) is 8.32. The highest BCUT2D eigenvalue weighted by molar-refractivity contribution is 5.93. The Morgan fingerprint density at radius 3 is 2.76 bits per heavy atom. The van der Waals surface area contributed by atoms with Crippen molar-refractivity contribution in [2.45, 2.75) is 26.0 Å². The van der Waals surface area contributed by atoms with E-state index in [-0.39, 0.29) is 6.03 Å². The number of benzene rings is 2. The number of urea groups is 1. The predicted molar refractivity (Wildman–Crippen MR) is 124 cm³/mol. The minimum Gasteiger partial charge on any atom is -0.491 e. The monoisotopic (exact) mass is 453 g/mol. The van der Waals surface area contributed by atoms with Gasteiger partial charge in [0.1, 0.15) is 12.4 Å². The van der Waals surface area contributed by atoms with Gasteiger partial charge in [0, 0.05) is 17.8 Å². The van der Waals surface area contributed by atoms with Crippen LogP contribution < -0.4 is 10.1 Å². The molecule has 1 fully saturated rings. The van der Waals surface area contributed by atoms with Gasteiger partial charge in [-0.15, -0.1) is 0 Å². The van der Waals surface area contributed by atoms with Crippen molar-refractivity contribution >= 4 is 17.7 Å². The summed E-state index contributed by atoms with van der Waals surface area (Å²) in [5.74, 6) is 0.345. The van der Waals surface area contributed by atoms with Crippen molar-refractivity contribution in [2.24, 2.45) is 0 Å². The molecule has 2 heterocycles. The molecule has 0 aliphatic carbocycles. The highest BCUT2D eigenvalue weighted by Crippen LogP contribution is 2.25. The Kier molecular flexibility index (Phi) is 7.80. The first-order valence-electron chi connectivity index (χ1n) is 11.4. The fourth-order valence-corrected chi connectivity index (χ4v) is 4.14. The molecule has 0 saturated carbocycles. The second kappa shape index (κ2) is 11.2. The number of nitrogens with one attached hydrogen (secondary N) is 1. The molecule has 33 heavy (non-hydrogen) atoms. The molecule has 4 rings (SSSR count). The van der Waals surface area contributed by atoms with E-state index < -0.39 is 5.97 Å². The number of anilines is 1. The van der Waals surface area contributed by atoms with Gasteiger partial charge in [0.05, 0.1) is 39.0 Å². The van der Waals surface area contributed by atoms with Gasteiger partial charge in [0.15, 0.2) is 0 Å². The van der Waals surface area contributed by atoms with Crippen molar-refractivity contribution in [2.75, 3.05) is 51.8 Å². The van der Waals surface area contributed by atoms with Crippen LogP contribution in [0, 0.1) is 0 Å². The van der Waals surface area contributed by atoms with Gasteiger partial charge >= 0.3 is 12.0 Å². The second-order valence-corrected chi connectivity index (χ2v) is 8.32.